The molecule has 5 heteroatoms. The summed E-state index contributed by atoms with van der Waals surface area (Å²) in [6, 6.07) is 0.515. The molecule has 96 valence electrons. The summed E-state index contributed by atoms with van der Waals surface area (Å²) >= 11 is 0. The Morgan fingerprint density at radius 2 is 2.12 bits per heavy atom. The Kier molecular flexibility index (Phi) is 3.26. The monoisotopic (exact) mass is 240 g/mol. The highest BCUT2D eigenvalue weighted by Crippen LogP contribution is 2.35. The Morgan fingerprint density at radius 1 is 1.47 bits per heavy atom. The van der Waals surface area contributed by atoms with Crippen LogP contribution < -0.4 is 0 Å². The van der Waals surface area contributed by atoms with Crippen LogP contribution in [0, 0.1) is 5.92 Å². The number of carboxylic acid groups (broad SMARTS) is 1. The van der Waals surface area contributed by atoms with Crippen LogP contribution >= 0.6 is 0 Å². The molecule has 1 N–H and O–H groups in total. The van der Waals surface area contributed by atoms with Crippen molar-refractivity contribution in [3.05, 3.63) is 0 Å². The molecular formula is C12H20N2O3. The van der Waals surface area contributed by atoms with E-state index in [1.165, 1.54) is 0 Å². The number of likely N-dealkylation sites (N-methyl/N-ethyl adjacent to an activating group) is 1. The van der Waals surface area contributed by atoms with Crippen LogP contribution in [0.25, 0.3) is 0 Å². The number of aliphatic carboxylic acids is 1. The molecule has 0 spiro atoms. The third-order valence-corrected chi connectivity index (χ3v) is 4.03. The Balaban J connectivity index is 1.91. The maximum Gasteiger partial charge on any atom is 0.320 e. The van der Waals surface area contributed by atoms with Gasteiger partial charge in [0.05, 0.1) is 12.0 Å². The van der Waals surface area contributed by atoms with Gasteiger partial charge in [-0.05, 0) is 19.3 Å². The van der Waals surface area contributed by atoms with Crippen molar-refractivity contribution in [2.75, 3.05) is 13.6 Å². The first-order chi connectivity index (χ1) is 8.04. The first kappa shape index (κ1) is 12.2. The number of hydrogen-bond donors (Lipinski definition) is 1. The predicted octanol–water partition coefficient (Wildman–Crippen LogP) is 1.39. The van der Waals surface area contributed by atoms with Gasteiger partial charge in [-0.1, -0.05) is 13.3 Å². The van der Waals surface area contributed by atoms with Gasteiger partial charge in [-0.25, -0.2) is 4.79 Å². The van der Waals surface area contributed by atoms with Gasteiger partial charge in [-0.2, -0.15) is 0 Å². The molecule has 2 aliphatic rings. The van der Waals surface area contributed by atoms with Crippen molar-refractivity contribution in [3.8, 4) is 0 Å². The van der Waals surface area contributed by atoms with E-state index in [-0.39, 0.29) is 18.0 Å². The molecule has 2 amide bonds. The van der Waals surface area contributed by atoms with E-state index in [0.717, 1.165) is 19.4 Å². The summed E-state index contributed by atoms with van der Waals surface area (Å²) in [4.78, 5) is 26.4. The fraction of sp³-hybridized carbons (Fsp3) is 0.833. The molecule has 0 radical (unpaired) electrons. The zero-order valence-corrected chi connectivity index (χ0v) is 10.4. The van der Waals surface area contributed by atoms with E-state index in [4.69, 9.17) is 5.11 Å². The van der Waals surface area contributed by atoms with Gasteiger partial charge in [-0.15, -0.1) is 0 Å². The molecule has 0 bridgehead atoms. The second-order valence-electron chi connectivity index (χ2n) is 5.15. The van der Waals surface area contributed by atoms with Crippen LogP contribution in [0.1, 0.15) is 32.6 Å². The fourth-order valence-corrected chi connectivity index (χ4v) is 2.75. The summed E-state index contributed by atoms with van der Waals surface area (Å²) in [7, 11) is 1.84. The van der Waals surface area contributed by atoms with Crippen LogP contribution in [0.2, 0.25) is 0 Å². The maximum absolute atomic E-state index is 12.0. The van der Waals surface area contributed by atoms with Gasteiger partial charge in [0.1, 0.15) is 0 Å². The third kappa shape index (κ3) is 2.10. The second-order valence-corrected chi connectivity index (χ2v) is 5.15. The Bertz CT molecular complexity index is 326. The van der Waals surface area contributed by atoms with Gasteiger partial charge >= 0.3 is 12.0 Å². The van der Waals surface area contributed by atoms with Crippen molar-refractivity contribution in [2.24, 2.45) is 5.92 Å². The summed E-state index contributed by atoms with van der Waals surface area (Å²) < 4.78 is 0. The smallest absolute Gasteiger partial charge is 0.320 e. The number of nitrogens with zero attached hydrogens (tertiary/aromatic N) is 2. The van der Waals surface area contributed by atoms with Crippen LogP contribution in [0.15, 0.2) is 0 Å². The number of carbonyl (C=O) groups excluding carboxylic acids is 1. The van der Waals surface area contributed by atoms with E-state index in [0.29, 0.717) is 18.9 Å². The summed E-state index contributed by atoms with van der Waals surface area (Å²) in [5, 5.41) is 8.83. The Morgan fingerprint density at radius 3 is 2.65 bits per heavy atom. The van der Waals surface area contributed by atoms with E-state index in [1.54, 1.807) is 4.90 Å². The average molecular weight is 240 g/mol. The molecule has 5 nitrogen and oxygen atoms in total. The van der Waals surface area contributed by atoms with Crippen LogP contribution in [-0.4, -0.2) is 52.6 Å². The maximum atomic E-state index is 12.0. The normalized spacial score (nSPS) is 32.8. The highest BCUT2D eigenvalue weighted by molar-refractivity contribution is 5.78. The minimum atomic E-state index is -0.730. The van der Waals surface area contributed by atoms with Gasteiger partial charge < -0.3 is 14.9 Å². The summed E-state index contributed by atoms with van der Waals surface area (Å²) in [6.07, 6.45) is 3.33. The molecule has 1 heterocycles. The molecule has 1 aliphatic carbocycles. The van der Waals surface area contributed by atoms with Gasteiger partial charge in [0.15, 0.2) is 0 Å². The third-order valence-electron chi connectivity index (χ3n) is 4.03. The first-order valence-corrected chi connectivity index (χ1v) is 6.30. The van der Waals surface area contributed by atoms with Crippen LogP contribution in [0.5, 0.6) is 0 Å². The second kappa shape index (κ2) is 4.55. The quantitative estimate of drug-likeness (QED) is 0.807. The minimum Gasteiger partial charge on any atom is -0.481 e. The van der Waals surface area contributed by atoms with Gasteiger partial charge in [-0.3, -0.25) is 4.79 Å². The lowest BCUT2D eigenvalue weighted by molar-refractivity contribution is -0.146. The number of carbonyl (C=O) groups is 2. The molecule has 1 saturated heterocycles. The van der Waals surface area contributed by atoms with Gasteiger partial charge in [0.2, 0.25) is 0 Å². The highest BCUT2D eigenvalue weighted by atomic mass is 16.4. The van der Waals surface area contributed by atoms with Crippen molar-refractivity contribution in [3.63, 3.8) is 0 Å². The molecule has 1 aliphatic heterocycles. The summed E-state index contributed by atoms with van der Waals surface area (Å²) in [5.41, 5.74) is 0. The largest absolute Gasteiger partial charge is 0.481 e. The average Bonchev–Trinajstić information content (AvgIpc) is 2.45. The molecule has 2 fully saturated rings. The predicted molar refractivity (Wildman–Crippen MR) is 62.7 cm³/mol. The standard InChI is InChI=1S/C12H20N2O3/c1-3-4-9-7-14(12(17)13(9)2)10-5-8(6-10)11(15)16/h8-10H,3-7H2,1-2H3,(H,15,16). The lowest BCUT2D eigenvalue weighted by Gasteiger charge is -2.38. The molecule has 1 unspecified atom stereocenters. The molecule has 0 aromatic carbocycles. The summed E-state index contributed by atoms with van der Waals surface area (Å²) in [5.74, 6) is -0.977. The number of hydrogen-bond acceptors (Lipinski definition) is 2. The van der Waals surface area contributed by atoms with Crippen LogP contribution in [-0.2, 0) is 4.79 Å². The lowest BCUT2D eigenvalue weighted by Crippen LogP contribution is -2.48. The minimum absolute atomic E-state index is 0.0669. The van der Waals surface area contributed by atoms with E-state index in [1.807, 2.05) is 11.9 Å². The summed E-state index contributed by atoms with van der Waals surface area (Å²) in [6.45, 7) is 2.88. The molecule has 2 rings (SSSR count). The highest BCUT2D eigenvalue weighted by Gasteiger charge is 2.45. The SMILES string of the molecule is CCCC1CN(C2CC(C(=O)O)C2)C(=O)N1C. The van der Waals surface area contributed by atoms with Gasteiger partial charge in [0.25, 0.3) is 0 Å². The number of urea groups is 1. The van der Waals surface area contributed by atoms with Crippen molar-refractivity contribution < 1.29 is 14.7 Å². The van der Waals surface area contributed by atoms with Crippen molar-refractivity contribution >= 4 is 12.0 Å². The van der Waals surface area contributed by atoms with Crippen LogP contribution in [0.4, 0.5) is 4.79 Å². The van der Waals surface area contributed by atoms with Crippen LogP contribution in [0.3, 0.4) is 0 Å². The lowest BCUT2D eigenvalue weighted by atomic mass is 9.79. The van der Waals surface area contributed by atoms with Crippen molar-refractivity contribution in [2.45, 2.75) is 44.7 Å². The van der Waals surface area contributed by atoms with E-state index in [2.05, 4.69) is 6.92 Å². The topological polar surface area (TPSA) is 60.9 Å². The number of carboxylic acids is 1. The molecule has 1 saturated carbocycles. The molecular weight excluding hydrogens is 220 g/mol. The molecule has 1 atom stereocenters. The van der Waals surface area contributed by atoms with Crippen molar-refractivity contribution in [1.82, 2.24) is 9.80 Å². The molecule has 17 heavy (non-hydrogen) atoms. The fourth-order valence-electron chi connectivity index (χ4n) is 2.75. The van der Waals surface area contributed by atoms with E-state index >= 15 is 0 Å². The Hall–Kier alpha value is -1.26. The zero-order chi connectivity index (χ0) is 12.6. The number of rotatable bonds is 4. The Labute approximate surface area is 101 Å². The number of amides is 2. The van der Waals surface area contributed by atoms with E-state index < -0.39 is 5.97 Å². The molecule has 0 aromatic heterocycles. The molecule has 0 aromatic rings. The van der Waals surface area contributed by atoms with E-state index in [9.17, 15) is 9.59 Å². The zero-order valence-electron chi connectivity index (χ0n) is 10.4. The van der Waals surface area contributed by atoms with Gasteiger partial charge in [0, 0.05) is 19.6 Å². The first-order valence-electron chi connectivity index (χ1n) is 6.30. The van der Waals surface area contributed by atoms with Crippen molar-refractivity contribution in [1.29, 1.82) is 0 Å².